The number of benzene rings is 1. The van der Waals surface area contributed by atoms with Crippen LogP contribution in [0.5, 0.6) is 0 Å². The van der Waals surface area contributed by atoms with Crippen LogP contribution in [0.4, 0.5) is 10.5 Å². The minimum absolute atomic E-state index is 0.111. The minimum Gasteiger partial charge on any atom is -0.446 e. The molecule has 0 bridgehead atoms. The molecule has 4 atom stereocenters. The molecule has 3 nitrogen and oxygen atoms in total. The van der Waals surface area contributed by atoms with Gasteiger partial charge in [0.2, 0.25) is 0 Å². The third-order valence-electron chi connectivity index (χ3n) is 8.54. The number of hydrogen-bond acceptors (Lipinski definition) is 2. The largest absolute Gasteiger partial charge is 0.446 e. The molecule has 0 spiro atoms. The van der Waals surface area contributed by atoms with E-state index in [-0.39, 0.29) is 12.2 Å². The second-order valence-corrected chi connectivity index (χ2v) is 11.5. The average Bonchev–Trinajstić information content (AvgIpc) is 2.73. The van der Waals surface area contributed by atoms with Crippen molar-refractivity contribution in [3.8, 4) is 0 Å². The number of amides is 1. The SMILES string of the molecule is C=C1CCC2C(C)(C)CCCC2(C)C1CCC(C)=CCCC(C)OC(=O)Nc1ccccc1. The predicted octanol–water partition coefficient (Wildman–Crippen LogP) is 8.93. The summed E-state index contributed by atoms with van der Waals surface area (Å²) in [5, 5.41) is 2.78. The molecule has 1 aromatic rings. The van der Waals surface area contributed by atoms with Crippen LogP contribution in [0.25, 0.3) is 0 Å². The molecular formula is C30H45NO2. The summed E-state index contributed by atoms with van der Waals surface area (Å²) in [6, 6.07) is 9.42. The number of fused-ring (bicyclic) bond motifs is 1. The van der Waals surface area contributed by atoms with E-state index in [0.29, 0.717) is 16.7 Å². The van der Waals surface area contributed by atoms with Crippen molar-refractivity contribution < 1.29 is 9.53 Å². The van der Waals surface area contributed by atoms with Crippen LogP contribution in [0.1, 0.15) is 92.4 Å². The lowest BCUT2D eigenvalue weighted by Gasteiger charge is -2.58. The van der Waals surface area contributed by atoms with E-state index in [1.807, 2.05) is 37.3 Å². The number of nitrogens with one attached hydrogen (secondary N) is 1. The first-order valence-electron chi connectivity index (χ1n) is 13.0. The molecule has 182 valence electrons. The van der Waals surface area contributed by atoms with E-state index in [4.69, 9.17) is 4.74 Å². The third-order valence-corrected chi connectivity index (χ3v) is 8.54. The second-order valence-electron chi connectivity index (χ2n) is 11.5. The third kappa shape index (κ3) is 6.52. The first kappa shape index (κ1) is 25.6. The van der Waals surface area contributed by atoms with Crippen molar-refractivity contribution in [3.63, 3.8) is 0 Å². The maximum absolute atomic E-state index is 12.1. The van der Waals surface area contributed by atoms with Gasteiger partial charge in [-0.3, -0.25) is 5.32 Å². The molecule has 33 heavy (non-hydrogen) atoms. The highest BCUT2D eigenvalue weighted by molar-refractivity contribution is 5.84. The van der Waals surface area contributed by atoms with Gasteiger partial charge < -0.3 is 4.74 Å². The zero-order chi connectivity index (χ0) is 24.1. The van der Waals surface area contributed by atoms with Gasteiger partial charge in [-0.25, -0.2) is 4.79 Å². The fourth-order valence-electron chi connectivity index (χ4n) is 6.76. The van der Waals surface area contributed by atoms with Gasteiger partial charge in [0.1, 0.15) is 6.10 Å². The number of hydrogen-bond donors (Lipinski definition) is 1. The summed E-state index contributed by atoms with van der Waals surface area (Å²) in [5.74, 6) is 1.46. The van der Waals surface area contributed by atoms with Crippen molar-refractivity contribution in [1.29, 1.82) is 0 Å². The normalized spacial score (nSPS) is 28.0. The summed E-state index contributed by atoms with van der Waals surface area (Å²) < 4.78 is 5.51. The molecule has 3 rings (SSSR count). The number of ether oxygens (including phenoxy) is 1. The number of para-hydroxylation sites is 1. The maximum Gasteiger partial charge on any atom is 0.411 e. The molecular weight excluding hydrogens is 406 g/mol. The van der Waals surface area contributed by atoms with Gasteiger partial charge in [0.25, 0.3) is 0 Å². The Morgan fingerprint density at radius 3 is 2.70 bits per heavy atom. The lowest BCUT2D eigenvalue weighted by molar-refractivity contribution is -0.0539. The first-order chi connectivity index (χ1) is 15.6. The van der Waals surface area contributed by atoms with Crippen LogP contribution in [0.3, 0.4) is 0 Å². The molecule has 0 heterocycles. The first-order valence-corrected chi connectivity index (χ1v) is 13.0. The summed E-state index contributed by atoms with van der Waals surface area (Å²) in [6.45, 7) is 16.3. The minimum atomic E-state index is -0.386. The maximum atomic E-state index is 12.1. The Balaban J connectivity index is 1.45. The average molecular weight is 452 g/mol. The fraction of sp³-hybridized carbons (Fsp3) is 0.633. The van der Waals surface area contributed by atoms with Gasteiger partial charge in [0.15, 0.2) is 0 Å². The lowest BCUT2D eigenvalue weighted by atomic mass is 9.47. The molecule has 0 radical (unpaired) electrons. The number of carbonyl (C=O) groups excluding carboxylic acids is 1. The molecule has 3 heteroatoms. The molecule has 2 saturated carbocycles. The van der Waals surface area contributed by atoms with Crippen LogP contribution in [0.15, 0.2) is 54.1 Å². The highest BCUT2D eigenvalue weighted by Gasteiger charge is 2.52. The van der Waals surface area contributed by atoms with E-state index in [9.17, 15) is 4.79 Å². The van der Waals surface area contributed by atoms with Crippen LogP contribution in [-0.4, -0.2) is 12.2 Å². The van der Waals surface area contributed by atoms with Crippen LogP contribution >= 0.6 is 0 Å². The summed E-state index contributed by atoms with van der Waals surface area (Å²) in [6.07, 6.45) is 12.6. The van der Waals surface area contributed by atoms with Crippen molar-refractivity contribution in [3.05, 3.63) is 54.1 Å². The number of allylic oxidation sites excluding steroid dienone is 3. The van der Waals surface area contributed by atoms with E-state index < -0.39 is 0 Å². The zero-order valence-electron chi connectivity index (χ0n) is 21.6. The standard InChI is InChI=1S/C30H45NO2/c1-22(12-10-13-24(3)33-28(32)31-25-14-8-7-9-15-25)16-18-26-23(2)17-19-27-29(4,5)20-11-21-30(26,27)6/h7-9,12,14-15,24,26-27H,2,10-11,13,16-21H2,1,3-6H3,(H,31,32). The van der Waals surface area contributed by atoms with Crippen LogP contribution in [0.2, 0.25) is 0 Å². The molecule has 4 unspecified atom stereocenters. The Hall–Kier alpha value is -2.03. The summed E-state index contributed by atoms with van der Waals surface area (Å²) in [4.78, 5) is 12.1. The summed E-state index contributed by atoms with van der Waals surface area (Å²) >= 11 is 0. The second kappa shape index (κ2) is 10.9. The Kier molecular flexibility index (Phi) is 8.48. The smallest absolute Gasteiger partial charge is 0.411 e. The van der Waals surface area contributed by atoms with Gasteiger partial charge in [0, 0.05) is 5.69 Å². The van der Waals surface area contributed by atoms with Crippen LogP contribution < -0.4 is 5.32 Å². The predicted molar refractivity (Wildman–Crippen MR) is 139 cm³/mol. The Bertz CT molecular complexity index is 840. The van der Waals surface area contributed by atoms with Crippen molar-refractivity contribution in [2.45, 2.75) is 98.5 Å². The van der Waals surface area contributed by atoms with E-state index in [2.05, 4.69) is 45.7 Å². The van der Waals surface area contributed by atoms with Gasteiger partial charge >= 0.3 is 6.09 Å². The van der Waals surface area contributed by atoms with Gasteiger partial charge in [-0.15, -0.1) is 0 Å². The van der Waals surface area contributed by atoms with E-state index in [0.717, 1.165) is 30.9 Å². The van der Waals surface area contributed by atoms with E-state index in [1.54, 1.807) is 0 Å². The molecule has 0 saturated heterocycles. The highest BCUT2D eigenvalue weighted by atomic mass is 16.6. The summed E-state index contributed by atoms with van der Waals surface area (Å²) in [7, 11) is 0. The molecule has 1 amide bonds. The monoisotopic (exact) mass is 451 g/mol. The molecule has 2 aliphatic carbocycles. The molecule has 2 fully saturated rings. The Morgan fingerprint density at radius 2 is 1.97 bits per heavy atom. The van der Waals surface area contributed by atoms with Crippen molar-refractivity contribution in [2.75, 3.05) is 5.32 Å². The quantitative estimate of drug-likeness (QED) is 0.401. The van der Waals surface area contributed by atoms with Gasteiger partial charge in [-0.1, -0.05) is 69.2 Å². The van der Waals surface area contributed by atoms with Gasteiger partial charge in [0.05, 0.1) is 0 Å². The molecule has 0 aromatic heterocycles. The van der Waals surface area contributed by atoms with E-state index in [1.165, 1.54) is 49.7 Å². The molecule has 1 N–H and O–H groups in total. The topological polar surface area (TPSA) is 38.3 Å². The summed E-state index contributed by atoms with van der Waals surface area (Å²) in [5.41, 5.74) is 4.56. The highest BCUT2D eigenvalue weighted by Crippen LogP contribution is 2.61. The van der Waals surface area contributed by atoms with Crippen molar-refractivity contribution in [1.82, 2.24) is 0 Å². The van der Waals surface area contributed by atoms with Crippen molar-refractivity contribution >= 4 is 11.8 Å². The van der Waals surface area contributed by atoms with Gasteiger partial charge in [-0.05, 0) is 100 Å². The lowest BCUT2D eigenvalue weighted by Crippen LogP contribution is -2.49. The Labute approximate surface area is 202 Å². The Morgan fingerprint density at radius 1 is 1.24 bits per heavy atom. The number of carbonyl (C=O) groups is 1. The molecule has 1 aromatic carbocycles. The van der Waals surface area contributed by atoms with Crippen LogP contribution in [0, 0.1) is 22.7 Å². The van der Waals surface area contributed by atoms with Crippen LogP contribution in [-0.2, 0) is 4.74 Å². The fourth-order valence-corrected chi connectivity index (χ4v) is 6.76. The number of rotatable bonds is 8. The zero-order valence-corrected chi connectivity index (χ0v) is 21.6. The molecule has 2 aliphatic rings. The van der Waals surface area contributed by atoms with Crippen molar-refractivity contribution in [2.24, 2.45) is 22.7 Å². The van der Waals surface area contributed by atoms with Gasteiger partial charge in [-0.2, -0.15) is 0 Å². The molecule has 0 aliphatic heterocycles. The van der Waals surface area contributed by atoms with E-state index >= 15 is 0 Å². The number of anilines is 1.